The van der Waals surface area contributed by atoms with E-state index < -0.39 is 0 Å². The summed E-state index contributed by atoms with van der Waals surface area (Å²) in [5.74, 6) is 2.50. The maximum atomic E-state index is 6.58. The van der Waals surface area contributed by atoms with E-state index in [9.17, 15) is 0 Å². The molecule has 0 radical (unpaired) electrons. The number of nitrogens with zero attached hydrogens (tertiary/aromatic N) is 4. The lowest BCUT2D eigenvalue weighted by atomic mass is 9.92. The topological polar surface area (TPSA) is 64.7 Å². The first kappa shape index (κ1) is 32.7. The van der Waals surface area contributed by atoms with Crippen LogP contribution >= 0.6 is 11.3 Å². The Morgan fingerprint density at radius 1 is 0.362 bits per heavy atom. The summed E-state index contributed by atoms with van der Waals surface area (Å²) in [7, 11) is 0. The van der Waals surface area contributed by atoms with Gasteiger partial charge in [0.05, 0.1) is 0 Å². The van der Waals surface area contributed by atoms with Crippen molar-refractivity contribution in [3.8, 4) is 56.7 Å². The first-order valence-electron chi connectivity index (χ1n) is 19.3. The SMILES string of the molecule is c1ccc(-c2nc3ccc4cccc(-c5cccc6c(-c7nc(-c8ccc9c(c8)sc8ccccc89)nc(-c8cccc9ccccc89)n7)cccc56)c4c3o2)cc1. The average Bonchev–Trinajstić information content (AvgIpc) is 3.90. The normalized spacial score (nSPS) is 11.8. The number of thiophene rings is 1. The van der Waals surface area contributed by atoms with Crippen molar-refractivity contribution in [1.29, 1.82) is 0 Å². The van der Waals surface area contributed by atoms with Crippen LogP contribution in [0.15, 0.2) is 186 Å². The third kappa shape index (κ3) is 5.23. The molecule has 0 saturated carbocycles. The van der Waals surface area contributed by atoms with Gasteiger partial charge in [-0.3, -0.25) is 0 Å². The van der Waals surface area contributed by atoms with E-state index in [1.165, 1.54) is 20.2 Å². The predicted octanol–water partition coefficient (Wildman–Crippen LogP) is 14.2. The molecule has 12 rings (SSSR count). The molecule has 0 aliphatic rings. The van der Waals surface area contributed by atoms with Crippen LogP contribution in [0.2, 0.25) is 0 Å². The van der Waals surface area contributed by atoms with Gasteiger partial charge in [-0.1, -0.05) is 152 Å². The summed E-state index contributed by atoms with van der Waals surface area (Å²) >= 11 is 1.79. The zero-order valence-electron chi connectivity index (χ0n) is 30.9. The van der Waals surface area contributed by atoms with Gasteiger partial charge in [-0.2, -0.15) is 0 Å². The Hall–Kier alpha value is -7.54. The van der Waals surface area contributed by atoms with E-state index in [0.29, 0.717) is 23.4 Å². The number of oxazole rings is 1. The van der Waals surface area contributed by atoms with E-state index in [2.05, 4.69) is 146 Å². The molecule has 3 heterocycles. The number of rotatable bonds is 5. The highest BCUT2D eigenvalue weighted by Crippen LogP contribution is 2.42. The highest BCUT2D eigenvalue weighted by molar-refractivity contribution is 7.25. The van der Waals surface area contributed by atoms with E-state index in [4.69, 9.17) is 24.4 Å². The molecule has 0 N–H and O–H groups in total. The first-order chi connectivity index (χ1) is 28.7. The van der Waals surface area contributed by atoms with E-state index in [-0.39, 0.29) is 0 Å². The third-order valence-electron chi connectivity index (χ3n) is 11.2. The van der Waals surface area contributed by atoms with Gasteiger partial charge in [0.25, 0.3) is 0 Å². The standard InChI is InChI=1S/C52H30N4OS/c1-2-13-33(14-3-1)52-53-44-29-27-32-16-9-22-41(47(32)48(44)57-52)37-20-10-21-38-36(37)19-11-24-43(38)51-55-49(34-26-28-40-39-18-6-7-25-45(39)58-46(40)30-34)54-50(56-51)42-23-8-15-31-12-4-5-17-35(31)42/h1-30H. The minimum absolute atomic E-state index is 0.609. The van der Waals surface area contributed by atoms with Gasteiger partial charge in [-0.05, 0) is 68.4 Å². The molecule has 6 heteroatoms. The van der Waals surface area contributed by atoms with Crippen LogP contribution in [0.3, 0.4) is 0 Å². The second-order valence-corrected chi connectivity index (χ2v) is 15.6. The molecular weight excluding hydrogens is 729 g/mol. The molecule has 3 aromatic heterocycles. The summed E-state index contributed by atoms with van der Waals surface area (Å²) in [6.45, 7) is 0. The molecule has 0 aliphatic carbocycles. The van der Waals surface area contributed by atoms with Gasteiger partial charge in [0.2, 0.25) is 5.89 Å². The predicted molar refractivity (Wildman–Crippen MR) is 240 cm³/mol. The van der Waals surface area contributed by atoms with Gasteiger partial charge in [0.15, 0.2) is 23.1 Å². The number of benzene rings is 9. The van der Waals surface area contributed by atoms with Crippen molar-refractivity contribution in [2.24, 2.45) is 0 Å². The molecule has 0 saturated heterocycles. The van der Waals surface area contributed by atoms with Crippen molar-refractivity contribution in [2.45, 2.75) is 0 Å². The summed E-state index contributed by atoms with van der Waals surface area (Å²) in [4.78, 5) is 20.7. The molecule has 0 fully saturated rings. The molecule has 9 aromatic carbocycles. The number of aromatic nitrogens is 4. The highest BCUT2D eigenvalue weighted by atomic mass is 32.1. The maximum absolute atomic E-state index is 6.58. The number of hydrogen-bond acceptors (Lipinski definition) is 6. The molecule has 0 unspecified atom stereocenters. The molecular formula is C52H30N4OS. The molecule has 0 spiro atoms. The molecule has 12 aromatic rings. The van der Waals surface area contributed by atoms with Crippen LogP contribution in [0.25, 0.3) is 120 Å². The van der Waals surface area contributed by atoms with Crippen molar-refractivity contribution in [3.63, 3.8) is 0 Å². The van der Waals surface area contributed by atoms with Gasteiger partial charge >= 0.3 is 0 Å². The van der Waals surface area contributed by atoms with Crippen molar-refractivity contribution in [2.75, 3.05) is 0 Å². The van der Waals surface area contributed by atoms with Crippen molar-refractivity contribution < 1.29 is 4.42 Å². The van der Waals surface area contributed by atoms with Crippen molar-refractivity contribution >= 4 is 74.9 Å². The van der Waals surface area contributed by atoms with Crippen LogP contribution < -0.4 is 0 Å². The zero-order valence-corrected chi connectivity index (χ0v) is 31.7. The Kier molecular flexibility index (Phi) is 7.33. The van der Waals surface area contributed by atoms with Gasteiger partial charge in [-0.15, -0.1) is 11.3 Å². The van der Waals surface area contributed by atoms with E-state index in [0.717, 1.165) is 76.8 Å². The quantitative estimate of drug-likeness (QED) is 0.175. The highest BCUT2D eigenvalue weighted by Gasteiger charge is 2.20. The second kappa shape index (κ2) is 13.0. The second-order valence-electron chi connectivity index (χ2n) is 14.6. The lowest BCUT2D eigenvalue weighted by Gasteiger charge is -2.14. The van der Waals surface area contributed by atoms with Crippen molar-refractivity contribution in [3.05, 3.63) is 182 Å². The van der Waals surface area contributed by atoms with Gasteiger partial charge in [0.1, 0.15) is 5.52 Å². The molecule has 0 atom stereocenters. The van der Waals surface area contributed by atoms with Gasteiger partial charge in [-0.25, -0.2) is 19.9 Å². The minimum atomic E-state index is 0.609. The lowest BCUT2D eigenvalue weighted by molar-refractivity contribution is 0.623. The van der Waals surface area contributed by atoms with Gasteiger partial charge in [0, 0.05) is 47.8 Å². The Morgan fingerprint density at radius 3 is 1.81 bits per heavy atom. The van der Waals surface area contributed by atoms with Crippen LogP contribution in [0.1, 0.15) is 0 Å². The Labute approximate surface area is 336 Å². The van der Waals surface area contributed by atoms with Crippen LogP contribution in [-0.2, 0) is 0 Å². The van der Waals surface area contributed by atoms with Crippen LogP contribution in [-0.4, -0.2) is 19.9 Å². The van der Waals surface area contributed by atoms with E-state index >= 15 is 0 Å². The van der Waals surface area contributed by atoms with Crippen LogP contribution in [0.4, 0.5) is 0 Å². The summed E-state index contributed by atoms with van der Waals surface area (Å²) < 4.78 is 9.05. The maximum Gasteiger partial charge on any atom is 0.227 e. The largest absolute Gasteiger partial charge is 0.435 e. The average molecular weight is 759 g/mol. The minimum Gasteiger partial charge on any atom is -0.435 e. The molecule has 270 valence electrons. The van der Waals surface area contributed by atoms with Crippen molar-refractivity contribution in [1.82, 2.24) is 19.9 Å². The third-order valence-corrected chi connectivity index (χ3v) is 12.3. The summed E-state index contributed by atoms with van der Waals surface area (Å²) in [6, 6.07) is 63.4. The summed E-state index contributed by atoms with van der Waals surface area (Å²) in [5.41, 5.74) is 7.57. The molecule has 0 bridgehead atoms. The Balaban J connectivity index is 1.07. The summed E-state index contributed by atoms with van der Waals surface area (Å²) in [5, 5.41) is 8.99. The molecule has 0 amide bonds. The summed E-state index contributed by atoms with van der Waals surface area (Å²) in [6.07, 6.45) is 0. The fraction of sp³-hybridized carbons (Fsp3) is 0. The van der Waals surface area contributed by atoms with Crippen LogP contribution in [0, 0.1) is 0 Å². The number of fused-ring (bicyclic) bond motifs is 8. The first-order valence-corrected chi connectivity index (χ1v) is 20.1. The Bertz CT molecular complexity index is 3580. The fourth-order valence-corrected chi connectivity index (χ4v) is 9.60. The van der Waals surface area contributed by atoms with E-state index in [1.807, 2.05) is 36.4 Å². The molecule has 58 heavy (non-hydrogen) atoms. The van der Waals surface area contributed by atoms with Gasteiger partial charge < -0.3 is 4.42 Å². The van der Waals surface area contributed by atoms with Crippen LogP contribution in [0.5, 0.6) is 0 Å². The molecule has 5 nitrogen and oxygen atoms in total. The fourth-order valence-electron chi connectivity index (χ4n) is 8.45. The monoisotopic (exact) mass is 758 g/mol. The zero-order chi connectivity index (χ0) is 38.2. The molecule has 0 aliphatic heterocycles. The Morgan fingerprint density at radius 2 is 0.966 bits per heavy atom. The smallest absolute Gasteiger partial charge is 0.227 e. The number of hydrogen-bond donors (Lipinski definition) is 0. The van der Waals surface area contributed by atoms with E-state index in [1.54, 1.807) is 11.3 Å². The lowest BCUT2D eigenvalue weighted by Crippen LogP contribution is -2.01.